The van der Waals surface area contributed by atoms with Crippen LogP contribution in [0.2, 0.25) is 0 Å². The Morgan fingerprint density at radius 2 is 1.76 bits per heavy atom. The standard InChI is InChI=1S/C12H26N5/c1-14(2)11(15(3)4)13-12-16(5)9-7-8-10-17(12)6/h7-10H2,1-6H3/q+1. The molecule has 0 bridgehead atoms. The second-order valence-corrected chi connectivity index (χ2v) is 5.05. The molecule has 0 N–H and O–H groups in total. The van der Waals surface area contributed by atoms with Crippen LogP contribution in [0.4, 0.5) is 0 Å². The maximum Gasteiger partial charge on any atom is 0.392 e. The van der Waals surface area contributed by atoms with E-state index in [2.05, 4.69) is 23.6 Å². The van der Waals surface area contributed by atoms with Gasteiger partial charge in [-0.05, 0) is 17.8 Å². The van der Waals surface area contributed by atoms with Crippen molar-refractivity contribution in [3.05, 3.63) is 0 Å². The van der Waals surface area contributed by atoms with Crippen molar-refractivity contribution in [2.24, 2.45) is 4.99 Å². The first-order chi connectivity index (χ1) is 7.93. The predicted octanol–water partition coefficient (Wildman–Crippen LogP) is 0.190. The fraction of sp³-hybridized carbons (Fsp3) is 0.833. The second kappa shape index (κ2) is 5.89. The Morgan fingerprint density at radius 3 is 2.29 bits per heavy atom. The lowest BCUT2D eigenvalue weighted by Gasteiger charge is -2.20. The minimum Gasteiger partial charge on any atom is -0.335 e. The van der Waals surface area contributed by atoms with Gasteiger partial charge in [0.05, 0.1) is 27.2 Å². The molecule has 5 heteroatoms. The molecule has 1 rings (SSSR count). The van der Waals surface area contributed by atoms with Crippen molar-refractivity contribution in [2.75, 3.05) is 55.4 Å². The van der Waals surface area contributed by atoms with Crippen molar-refractivity contribution in [1.82, 2.24) is 14.7 Å². The molecule has 0 saturated heterocycles. The summed E-state index contributed by atoms with van der Waals surface area (Å²) < 4.78 is 2.24. The van der Waals surface area contributed by atoms with Crippen LogP contribution >= 0.6 is 0 Å². The van der Waals surface area contributed by atoms with E-state index in [1.807, 2.05) is 38.0 Å². The molecule has 0 atom stereocenters. The molecular weight excluding hydrogens is 214 g/mol. The monoisotopic (exact) mass is 240 g/mol. The van der Waals surface area contributed by atoms with Crippen LogP contribution in [0.1, 0.15) is 12.8 Å². The van der Waals surface area contributed by atoms with Gasteiger partial charge in [-0.2, -0.15) is 0 Å². The van der Waals surface area contributed by atoms with Gasteiger partial charge < -0.3 is 9.80 Å². The third-order valence-corrected chi connectivity index (χ3v) is 2.92. The average Bonchev–Trinajstić information content (AvgIpc) is 2.37. The number of rotatable bonds is 0. The average molecular weight is 240 g/mol. The number of hydrogen-bond acceptors (Lipinski definition) is 2. The second-order valence-electron chi connectivity index (χ2n) is 5.05. The molecule has 0 unspecified atom stereocenters. The maximum absolute atomic E-state index is 4.79. The summed E-state index contributed by atoms with van der Waals surface area (Å²) in [5.74, 6) is 2.03. The van der Waals surface area contributed by atoms with Gasteiger partial charge >= 0.3 is 5.96 Å². The minimum absolute atomic E-state index is 0.973. The van der Waals surface area contributed by atoms with Crippen molar-refractivity contribution in [3.63, 3.8) is 0 Å². The summed E-state index contributed by atoms with van der Waals surface area (Å²) >= 11 is 0. The van der Waals surface area contributed by atoms with E-state index in [1.54, 1.807) is 0 Å². The molecule has 0 saturated carbocycles. The highest BCUT2D eigenvalue weighted by Gasteiger charge is 2.22. The molecule has 1 aliphatic rings. The van der Waals surface area contributed by atoms with Gasteiger partial charge in [0.1, 0.15) is 0 Å². The summed E-state index contributed by atoms with van der Waals surface area (Å²) in [6, 6.07) is 0. The van der Waals surface area contributed by atoms with E-state index in [-0.39, 0.29) is 0 Å². The molecule has 0 aliphatic carbocycles. The third-order valence-electron chi connectivity index (χ3n) is 2.92. The zero-order chi connectivity index (χ0) is 13.0. The molecule has 0 aromatic rings. The normalized spacial score (nSPS) is 16.7. The fourth-order valence-electron chi connectivity index (χ4n) is 2.05. The van der Waals surface area contributed by atoms with Gasteiger partial charge in [0.15, 0.2) is 0 Å². The van der Waals surface area contributed by atoms with E-state index in [0.29, 0.717) is 0 Å². The van der Waals surface area contributed by atoms with E-state index >= 15 is 0 Å². The van der Waals surface area contributed by atoms with Crippen LogP contribution in [-0.2, 0) is 0 Å². The summed E-state index contributed by atoms with van der Waals surface area (Å²) in [6.07, 6.45) is 2.47. The van der Waals surface area contributed by atoms with Crippen LogP contribution in [0.15, 0.2) is 4.99 Å². The number of aliphatic imine (C=N–C) groups is 1. The van der Waals surface area contributed by atoms with Crippen molar-refractivity contribution in [2.45, 2.75) is 12.8 Å². The molecule has 1 aliphatic heterocycles. The molecule has 5 nitrogen and oxygen atoms in total. The van der Waals surface area contributed by atoms with Gasteiger partial charge in [0.2, 0.25) is 0 Å². The first-order valence-electron chi connectivity index (χ1n) is 6.16. The molecule has 17 heavy (non-hydrogen) atoms. The lowest BCUT2D eigenvalue weighted by Crippen LogP contribution is -2.40. The van der Waals surface area contributed by atoms with Crippen LogP contribution in [0.3, 0.4) is 0 Å². The highest BCUT2D eigenvalue weighted by molar-refractivity contribution is 5.92. The summed E-state index contributed by atoms with van der Waals surface area (Å²) in [6.45, 7) is 2.16. The van der Waals surface area contributed by atoms with Crippen molar-refractivity contribution in [3.8, 4) is 0 Å². The van der Waals surface area contributed by atoms with Gasteiger partial charge in [-0.1, -0.05) is 0 Å². The van der Waals surface area contributed by atoms with Crippen LogP contribution in [0.5, 0.6) is 0 Å². The Hall–Kier alpha value is -1.26. The van der Waals surface area contributed by atoms with Gasteiger partial charge in [-0.15, -0.1) is 0 Å². The minimum atomic E-state index is 0.973. The Bertz CT molecular complexity index is 307. The fourth-order valence-corrected chi connectivity index (χ4v) is 2.05. The number of nitrogens with zero attached hydrogens (tertiary/aromatic N) is 5. The molecule has 0 aromatic carbocycles. The molecule has 1 heterocycles. The summed E-state index contributed by atoms with van der Waals surface area (Å²) in [5, 5.41) is 0. The van der Waals surface area contributed by atoms with Crippen LogP contribution in [0.25, 0.3) is 0 Å². The van der Waals surface area contributed by atoms with E-state index in [1.165, 1.54) is 12.8 Å². The van der Waals surface area contributed by atoms with Gasteiger partial charge in [-0.3, -0.25) is 9.48 Å². The predicted molar refractivity (Wildman–Crippen MR) is 72.7 cm³/mol. The van der Waals surface area contributed by atoms with Gasteiger partial charge in [0, 0.05) is 28.2 Å². The quantitative estimate of drug-likeness (QED) is 0.343. The zero-order valence-electron chi connectivity index (χ0n) is 12.1. The van der Waals surface area contributed by atoms with E-state index in [9.17, 15) is 0 Å². The summed E-state index contributed by atoms with van der Waals surface area (Å²) in [5.41, 5.74) is 0. The molecular formula is C12H26N5+. The van der Waals surface area contributed by atoms with Gasteiger partial charge in [-0.25, -0.2) is 0 Å². The lowest BCUT2D eigenvalue weighted by atomic mass is 10.3. The first-order valence-corrected chi connectivity index (χ1v) is 6.16. The zero-order valence-corrected chi connectivity index (χ0v) is 12.1. The van der Waals surface area contributed by atoms with Gasteiger partial charge in [0.25, 0.3) is 5.96 Å². The van der Waals surface area contributed by atoms with E-state index in [0.717, 1.165) is 25.0 Å². The third kappa shape index (κ3) is 3.61. The topological polar surface area (TPSA) is 25.1 Å². The van der Waals surface area contributed by atoms with Crippen LogP contribution in [-0.4, -0.2) is 86.6 Å². The van der Waals surface area contributed by atoms with Crippen molar-refractivity contribution in [1.29, 1.82) is 0 Å². The van der Waals surface area contributed by atoms with E-state index in [4.69, 9.17) is 4.99 Å². The van der Waals surface area contributed by atoms with Crippen LogP contribution < -0.4 is 0 Å². The molecule has 98 valence electrons. The molecule has 0 radical (unpaired) electrons. The summed E-state index contributed by atoms with van der Waals surface area (Å²) in [7, 11) is 12.3. The maximum atomic E-state index is 4.79. The first kappa shape index (κ1) is 13.8. The van der Waals surface area contributed by atoms with E-state index < -0.39 is 0 Å². The Morgan fingerprint density at radius 1 is 1.18 bits per heavy atom. The molecule has 0 aromatic heterocycles. The number of guanidine groups is 2. The Kier molecular flexibility index (Phi) is 4.78. The smallest absolute Gasteiger partial charge is 0.335 e. The van der Waals surface area contributed by atoms with Crippen LogP contribution in [0, 0.1) is 0 Å². The van der Waals surface area contributed by atoms with Crippen molar-refractivity contribution >= 4 is 11.9 Å². The summed E-state index contributed by atoms with van der Waals surface area (Å²) in [4.78, 5) is 11.1. The largest absolute Gasteiger partial charge is 0.392 e. The lowest BCUT2D eigenvalue weighted by molar-refractivity contribution is -0.501. The Labute approximate surface area is 105 Å². The highest BCUT2D eigenvalue weighted by Crippen LogP contribution is 2.03. The molecule has 0 amide bonds. The molecule has 0 spiro atoms. The van der Waals surface area contributed by atoms with Crippen molar-refractivity contribution < 1.29 is 4.58 Å². The highest BCUT2D eigenvalue weighted by atomic mass is 15.4. The molecule has 0 fully saturated rings. The SMILES string of the molecule is CN(C)C(=NC1=[N+](C)CCCCN1C)N(C)C. The number of hydrogen-bond donors (Lipinski definition) is 0. The Balaban J connectivity index is 3.06.